The van der Waals surface area contributed by atoms with Crippen LogP contribution >= 0.6 is 0 Å². The van der Waals surface area contributed by atoms with Crippen LogP contribution < -0.4 is 0 Å². The van der Waals surface area contributed by atoms with Crippen molar-refractivity contribution >= 4 is 0 Å². The van der Waals surface area contributed by atoms with Crippen LogP contribution in [0.4, 0.5) is 0 Å². The van der Waals surface area contributed by atoms with E-state index in [-0.39, 0.29) is 0 Å². The Labute approximate surface area is 96.5 Å². The molecule has 1 N–H and O–H groups in total. The van der Waals surface area contributed by atoms with Gasteiger partial charge in [-0.3, -0.25) is 4.90 Å². The Morgan fingerprint density at radius 2 is 1.94 bits per heavy atom. The summed E-state index contributed by atoms with van der Waals surface area (Å²) in [5.74, 6) is 1.05. The number of rotatable bonds is 5. The minimum Gasteiger partial charge on any atom is -0.468 e. The second-order valence-corrected chi connectivity index (χ2v) is 4.27. The summed E-state index contributed by atoms with van der Waals surface area (Å²) in [6.07, 6.45) is 2.62. The molecule has 0 bridgehead atoms. The van der Waals surface area contributed by atoms with Gasteiger partial charge < -0.3 is 14.4 Å². The Morgan fingerprint density at radius 1 is 1.19 bits per heavy atom. The van der Waals surface area contributed by atoms with Crippen LogP contribution in [0.15, 0.2) is 22.8 Å². The van der Waals surface area contributed by atoms with Gasteiger partial charge in [0.25, 0.3) is 0 Å². The van der Waals surface area contributed by atoms with E-state index in [4.69, 9.17) is 9.52 Å². The molecule has 0 saturated carbocycles. The first-order valence-electron chi connectivity index (χ1n) is 5.96. The smallest absolute Gasteiger partial charge is 0.117 e. The van der Waals surface area contributed by atoms with E-state index >= 15 is 0 Å². The van der Waals surface area contributed by atoms with Crippen LogP contribution in [-0.4, -0.2) is 54.2 Å². The Kier molecular flexibility index (Phi) is 4.39. The van der Waals surface area contributed by atoms with E-state index in [0.29, 0.717) is 6.61 Å². The van der Waals surface area contributed by atoms with Crippen molar-refractivity contribution in [1.82, 2.24) is 9.80 Å². The number of aliphatic hydroxyl groups is 1. The van der Waals surface area contributed by atoms with Gasteiger partial charge in [0.2, 0.25) is 0 Å². The Bertz CT molecular complexity index is 279. The first-order valence-corrected chi connectivity index (χ1v) is 5.96. The highest BCUT2D eigenvalue weighted by Gasteiger charge is 2.16. The van der Waals surface area contributed by atoms with Crippen LogP contribution in [0.3, 0.4) is 0 Å². The minimum atomic E-state index is 0.298. The van der Waals surface area contributed by atoms with Crippen molar-refractivity contribution in [3.05, 3.63) is 24.2 Å². The number of furan rings is 1. The molecule has 2 rings (SSSR count). The molecule has 1 aliphatic heterocycles. The third kappa shape index (κ3) is 3.33. The molecule has 4 heteroatoms. The van der Waals surface area contributed by atoms with Crippen molar-refractivity contribution in [2.45, 2.75) is 13.0 Å². The van der Waals surface area contributed by atoms with Gasteiger partial charge in [0.15, 0.2) is 0 Å². The van der Waals surface area contributed by atoms with Gasteiger partial charge in [-0.05, 0) is 18.6 Å². The van der Waals surface area contributed by atoms with E-state index < -0.39 is 0 Å². The lowest BCUT2D eigenvalue weighted by Crippen LogP contribution is -2.46. The summed E-state index contributed by atoms with van der Waals surface area (Å²) in [7, 11) is 0. The summed E-state index contributed by atoms with van der Waals surface area (Å²) in [4.78, 5) is 4.82. The standard InChI is InChI=1S/C12H20N2O2/c15-9-2-4-13-5-7-14(8-6-13)11-12-3-1-10-16-12/h1,3,10,15H,2,4-9,11H2. The lowest BCUT2D eigenvalue weighted by molar-refractivity contribution is 0.114. The maximum Gasteiger partial charge on any atom is 0.117 e. The van der Waals surface area contributed by atoms with E-state index in [2.05, 4.69) is 9.80 Å². The van der Waals surface area contributed by atoms with Gasteiger partial charge in [0.05, 0.1) is 12.8 Å². The maximum atomic E-state index is 8.77. The molecule has 4 nitrogen and oxygen atoms in total. The molecule has 0 unspecified atom stereocenters. The number of hydrogen-bond acceptors (Lipinski definition) is 4. The molecule has 1 fully saturated rings. The van der Waals surface area contributed by atoms with Crippen LogP contribution in [0.2, 0.25) is 0 Å². The highest BCUT2D eigenvalue weighted by atomic mass is 16.3. The van der Waals surface area contributed by atoms with Crippen LogP contribution in [-0.2, 0) is 6.54 Å². The zero-order chi connectivity index (χ0) is 11.2. The SMILES string of the molecule is OCCCN1CCN(Cc2ccco2)CC1. The average molecular weight is 224 g/mol. The first-order chi connectivity index (χ1) is 7.88. The molecule has 0 spiro atoms. The normalized spacial score (nSPS) is 19.1. The largest absolute Gasteiger partial charge is 0.468 e. The molecule has 0 atom stereocenters. The molecule has 0 aliphatic carbocycles. The van der Waals surface area contributed by atoms with E-state index in [1.165, 1.54) is 0 Å². The van der Waals surface area contributed by atoms with Crippen molar-refractivity contribution < 1.29 is 9.52 Å². The summed E-state index contributed by atoms with van der Waals surface area (Å²) < 4.78 is 5.34. The molecule has 2 heterocycles. The average Bonchev–Trinajstić information content (AvgIpc) is 2.81. The number of aliphatic hydroxyl groups excluding tert-OH is 1. The van der Waals surface area contributed by atoms with Gasteiger partial charge in [0.1, 0.15) is 5.76 Å². The van der Waals surface area contributed by atoms with Crippen LogP contribution in [0.1, 0.15) is 12.2 Å². The van der Waals surface area contributed by atoms with Gasteiger partial charge in [-0.1, -0.05) is 0 Å². The van der Waals surface area contributed by atoms with Crippen LogP contribution in [0.25, 0.3) is 0 Å². The summed E-state index contributed by atoms with van der Waals surface area (Å²) >= 11 is 0. The predicted molar refractivity (Wildman–Crippen MR) is 62.1 cm³/mol. The van der Waals surface area contributed by atoms with Gasteiger partial charge in [-0.25, -0.2) is 0 Å². The topological polar surface area (TPSA) is 39.9 Å². The van der Waals surface area contributed by atoms with Crippen molar-refractivity contribution in [3.8, 4) is 0 Å². The summed E-state index contributed by atoms with van der Waals surface area (Å²) in [5.41, 5.74) is 0. The summed E-state index contributed by atoms with van der Waals surface area (Å²) in [5, 5.41) is 8.77. The molecule has 16 heavy (non-hydrogen) atoms. The summed E-state index contributed by atoms with van der Waals surface area (Å²) in [6, 6.07) is 3.96. The third-order valence-corrected chi connectivity index (χ3v) is 3.06. The highest BCUT2D eigenvalue weighted by molar-refractivity contribution is 4.98. The molecule has 0 amide bonds. The van der Waals surface area contributed by atoms with E-state index in [9.17, 15) is 0 Å². The lowest BCUT2D eigenvalue weighted by Gasteiger charge is -2.34. The first kappa shape index (κ1) is 11.6. The van der Waals surface area contributed by atoms with Crippen LogP contribution in [0.5, 0.6) is 0 Å². The number of nitrogens with zero attached hydrogens (tertiary/aromatic N) is 2. The Morgan fingerprint density at radius 3 is 2.56 bits per heavy atom. The third-order valence-electron chi connectivity index (χ3n) is 3.06. The Balaban J connectivity index is 1.69. The zero-order valence-corrected chi connectivity index (χ0v) is 9.64. The minimum absolute atomic E-state index is 0.298. The second kappa shape index (κ2) is 6.03. The van der Waals surface area contributed by atoms with Crippen molar-refractivity contribution in [3.63, 3.8) is 0 Å². The van der Waals surface area contributed by atoms with Gasteiger partial charge in [-0.2, -0.15) is 0 Å². The number of hydrogen-bond donors (Lipinski definition) is 1. The monoisotopic (exact) mass is 224 g/mol. The van der Waals surface area contributed by atoms with E-state index in [1.54, 1.807) is 6.26 Å². The molecule has 1 aliphatic rings. The van der Waals surface area contributed by atoms with Crippen molar-refractivity contribution in [1.29, 1.82) is 0 Å². The van der Waals surface area contributed by atoms with Gasteiger partial charge in [0, 0.05) is 39.3 Å². The zero-order valence-electron chi connectivity index (χ0n) is 9.64. The van der Waals surface area contributed by atoms with Gasteiger partial charge in [-0.15, -0.1) is 0 Å². The molecule has 0 radical (unpaired) electrons. The molecule has 1 saturated heterocycles. The van der Waals surface area contributed by atoms with Crippen molar-refractivity contribution in [2.24, 2.45) is 0 Å². The molecule has 1 aromatic rings. The molecule has 0 aromatic carbocycles. The Hall–Kier alpha value is -0.840. The lowest BCUT2D eigenvalue weighted by atomic mass is 10.3. The second-order valence-electron chi connectivity index (χ2n) is 4.27. The van der Waals surface area contributed by atoms with Crippen LogP contribution in [0, 0.1) is 0 Å². The molecule has 90 valence electrons. The highest BCUT2D eigenvalue weighted by Crippen LogP contribution is 2.08. The van der Waals surface area contributed by atoms with E-state index in [0.717, 1.165) is 51.4 Å². The predicted octanol–water partition coefficient (Wildman–Crippen LogP) is 0.780. The van der Waals surface area contributed by atoms with Gasteiger partial charge >= 0.3 is 0 Å². The fraction of sp³-hybridized carbons (Fsp3) is 0.667. The molecular formula is C12H20N2O2. The fourth-order valence-electron chi connectivity index (χ4n) is 2.09. The summed E-state index contributed by atoms with van der Waals surface area (Å²) in [6.45, 7) is 6.61. The van der Waals surface area contributed by atoms with E-state index in [1.807, 2.05) is 12.1 Å². The fourth-order valence-corrected chi connectivity index (χ4v) is 2.09. The van der Waals surface area contributed by atoms with Crippen molar-refractivity contribution in [2.75, 3.05) is 39.3 Å². The maximum absolute atomic E-state index is 8.77. The number of piperazine rings is 1. The molecule has 1 aromatic heterocycles. The molecular weight excluding hydrogens is 204 g/mol. The quantitative estimate of drug-likeness (QED) is 0.802.